The summed E-state index contributed by atoms with van der Waals surface area (Å²) in [6, 6.07) is 19.4. The zero-order chi connectivity index (χ0) is 16.1. The van der Waals surface area contributed by atoms with Crippen LogP contribution in [0.2, 0.25) is 0 Å². The van der Waals surface area contributed by atoms with Crippen molar-refractivity contribution in [2.75, 3.05) is 18.4 Å². The van der Waals surface area contributed by atoms with Gasteiger partial charge in [0, 0.05) is 24.8 Å². The first kappa shape index (κ1) is 15.6. The molecular weight excluding hydrogens is 288 g/mol. The lowest BCUT2D eigenvalue weighted by Crippen LogP contribution is -2.46. The molecule has 2 aromatic carbocycles. The Morgan fingerprint density at radius 1 is 1.09 bits per heavy atom. The SMILES string of the molecule is O=C(C(O)c1ccccc1)N1CCCC(Nc2ccccc2)C1. The summed E-state index contributed by atoms with van der Waals surface area (Å²) >= 11 is 0. The molecule has 1 heterocycles. The maximum Gasteiger partial charge on any atom is 0.256 e. The molecule has 4 heteroatoms. The Kier molecular flexibility index (Phi) is 4.93. The van der Waals surface area contributed by atoms with E-state index in [4.69, 9.17) is 0 Å². The Morgan fingerprint density at radius 3 is 2.43 bits per heavy atom. The van der Waals surface area contributed by atoms with Gasteiger partial charge in [-0.25, -0.2) is 0 Å². The third-order valence-corrected chi connectivity index (χ3v) is 4.23. The minimum absolute atomic E-state index is 0.212. The van der Waals surface area contributed by atoms with Gasteiger partial charge < -0.3 is 15.3 Å². The van der Waals surface area contributed by atoms with E-state index < -0.39 is 6.10 Å². The molecule has 4 nitrogen and oxygen atoms in total. The Balaban J connectivity index is 1.63. The number of carbonyl (C=O) groups is 1. The van der Waals surface area contributed by atoms with Crippen LogP contribution in [-0.2, 0) is 4.79 Å². The van der Waals surface area contributed by atoms with Crippen molar-refractivity contribution in [2.45, 2.75) is 25.0 Å². The summed E-state index contributed by atoms with van der Waals surface area (Å²) in [7, 11) is 0. The lowest BCUT2D eigenvalue weighted by molar-refractivity contribution is -0.141. The average Bonchev–Trinajstić information content (AvgIpc) is 2.62. The topological polar surface area (TPSA) is 52.6 Å². The molecule has 0 spiro atoms. The average molecular weight is 310 g/mol. The molecular formula is C19H22N2O2. The van der Waals surface area contributed by atoms with Crippen molar-refractivity contribution >= 4 is 11.6 Å². The first-order valence-corrected chi connectivity index (χ1v) is 8.07. The molecule has 2 atom stereocenters. The van der Waals surface area contributed by atoms with Gasteiger partial charge in [0.2, 0.25) is 0 Å². The third-order valence-electron chi connectivity index (χ3n) is 4.23. The number of rotatable bonds is 4. The van der Waals surface area contributed by atoms with Crippen molar-refractivity contribution < 1.29 is 9.90 Å². The van der Waals surface area contributed by atoms with Crippen LogP contribution in [-0.4, -0.2) is 35.0 Å². The first-order valence-electron chi connectivity index (χ1n) is 8.07. The number of para-hydroxylation sites is 1. The lowest BCUT2D eigenvalue weighted by Gasteiger charge is -2.34. The molecule has 0 radical (unpaired) electrons. The van der Waals surface area contributed by atoms with Gasteiger partial charge >= 0.3 is 0 Å². The van der Waals surface area contributed by atoms with Gasteiger partial charge in [0.05, 0.1) is 0 Å². The van der Waals surface area contributed by atoms with Crippen LogP contribution in [0.1, 0.15) is 24.5 Å². The molecule has 0 aromatic heterocycles. The Hall–Kier alpha value is -2.33. The van der Waals surface area contributed by atoms with Crippen LogP contribution in [0.15, 0.2) is 60.7 Å². The number of aliphatic hydroxyl groups is 1. The fraction of sp³-hybridized carbons (Fsp3) is 0.316. The Labute approximate surface area is 136 Å². The molecule has 1 amide bonds. The van der Waals surface area contributed by atoms with Gasteiger partial charge in [0.25, 0.3) is 5.91 Å². The number of piperidine rings is 1. The van der Waals surface area contributed by atoms with Crippen LogP contribution < -0.4 is 5.32 Å². The van der Waals surface area contributed by atoms with Gasteiger partial charge in [-0.2, -0.15) is 0 Å². The summed E-state index contributed by atoms with van der Waals surface area (Å²) in [5.41, 5.74) is 1.71. The maximum absolute atomic E-state index is 12.5. The van der Waals surface area contributed by atoms with Crippen LogP contribution in [0.4, 0.5) is 5.69 Å². The number of benzene rings is 2. The fourth-order valence-electron chi connectivity index (χ4n) is 3.02. The molecule has 0 bridgehead atoms. The predicted molar refractivity (Wildman–Crippen MR) is 91.1 cm³/mol. The van der Waals surface area contributed by atoms with Crippen LogP contribution in [0.5, 0.6) is 0 Å². The van der Waals surface area contributed by atoms with E-state index >= 15 is 0 Å². The summed E-state index contributed by atoms with van der Waals surface area (Å²) in [4.78, 5) is 14.3. The molecule has 1 saturated heterocycles. The minimum Gasteiger partial charge on any atom is -0.381 e. The monoisotopic (exact) mass is 310 g/mol. The number of anilines is 1. The van der Waals surface area contributed by atoms with Crippen molar-refractivity contribution in [3.63, 3.8) is 0 Å². The molecule has 1 aliphatic rings. The number of nitrogens with zero attached hydrogens (tertiary/aromatic N) is 1. The zero-order valence-corrected chi connectivity index (χ0v) is 13.1. The second kappa shape index (κ2) is 7.29. The molecule has 1 fully saturated rings. The zero-order valence-electron chi connectivity index (χ0n) is 13.1. The summed E-state index contributed by atoms with van der Waals surface area (Å²) in [5, 5.41) is 13.8. The summed E-state index contributed by atoms with van der Waals surface area (Å²) in [6.45, 7) is 1.33. The third kappa shape index (κ3) is 3.90. The van der Waals surface area contributed by atoms with Crippen LogP contribution in [0.3, 0.4) is 0 Å². The molecule has 0 saturated carbocycles. The molecule has 0 aliphatic carbocycles. The van der Waals surface area contributed by atoms with Crippen molar-refractivity contribution in [1.82, 2.24) is 4.90 Å². The van der Waals surface area contributed by atoms with E-state index in [2.05, 4.69) is 5.32 Å². The summed E-state index contributed by atoms with van der Waals surface area (Å²) in [5.74, 6) is -0.212. The van der Waals surface area contributed by atoms with Crippen molar-refractivity contribution in [3.05, 3.63) is 66.2 Å². The number of hydrogen-bond acceptors (Lipinski definition) is 3. The maximum atomic E-state index is 12.5. The quantitative estimate of drug-likeness (QED) is 0.913. The number of nitrogens with one attached hydrogen (secondary N) is 1. The van der Waals surface area contributed by atoms with Gasteiger partial charge in [-0.05, 0) is 30.5 Å². The number of hydrogen-bond donors (Lipinski definition) is 2. The van der Waals surface area contributed by atoms with E-state index in [9.17, 15) is 9.90 Å². The molecule has 120 valence electrons. The Morgan fingerprint density at radius 2 is 1.74 bits per heavy atom. The Bertz CT molecular complexity index is 630. The smallest absolute Gasteiger partial charge is 0.256 e. The van der Waals surface area contributed by atoms with E-state index in [1.165, 1.54) is 0 Å². The highest BCUT2D eigenvalue weighted by Gasteiger charge is 2.28. The normalized spacial score (nSPS) is 19.2. The van der Waals surface area contributed by atoms with Gasteiger partial charge in [0.1, 0.15) is 0 Å². The van der Waals surface area contributed by atoms with Gasteiger partial charge in [-0.3, -0.25) is 4.79 Å². The molecule has 3 rings (SSSR count). The number of amides is 1. The fourth-order valence-corrected chi connectivity index (χ4v) is 3.02. The van der Waals surface area contributed by atoms with Crippen molar-refractivity contribution in [3.8, 4) is 0 Å². The minimum atomic E-state index is -1.08. The summed E-state index contributed by atoms with van der Waals surface area (Å²) < 4.78 is 0. The van der Waals surface area contributed by atoms with Crippen LogP contribution in [0, 0.1) is 0 Å². The van der Waals surface area contributed by atoms with Crippen molar-refractivity contribution in [1.29, 1.82) is 0 Å². The van der Waals surface area contributed by atoms with E-state index in [0.717, 1.165) is 18.5 Å². The molecule has 23 heavy (non-hydrogen) atoms. The van der Waals surface area contributed by atoms with E-state index in [-0.39, 0.29) is 11.9 Å². The highest BCUT2D eigenvalue weighted by atomic mass is 16.3. The molecule has 2 N–H and O–H groups in total. The highest BCUT2D eigenvalue weighted by Crippen LogP contribution is 2.20. The molecule has 2 unspecified atom stereocenters. The number of aliphatic hydroxyl groups excluding tert-OH is 1. The summed E-state index contributed by atoms with van der Waals surface area (Å²) in [6.07, 6.45) is 0.893. The van der Waals surface area contributed by atoms with E-state index in [1.54, 1.807) is 17.0 Å². The van der Waals surface area contributed by atoms with Gasteiger partial charge in [0.15, 0.2) is 6.10 Å². The number of likely N-dealkylation sites (tertiary alicyclic amines) is 1. The number of carbonyl (C=O) groups excluding carboxylic acids is 1. The van der Waals surface area contributed by atoms with Crippen LogP contribution >= 0.6 is 0 Å². The van der Waals surface area contributed by atoms with E-state index in [1.807, 2.05) is 48.5 Å². The first-order chi connectivity index (χ1) is 11.2. The van der Waals surface area contributed by atoms with Gasteiger partial charge in [-0.1, -0.05) is 48.5 Å². The predicted octanol–water partition coefficient (Wildman–Crippen LogP) is 2.82. The second-order valence-corrected chi connectivity index (χ2v) is 5.95. The highest BCUT2D eigenvalue weighted by molar-refractivity contribution is 5.82. The second-order valence-electron chi connectivity index (χ2n) is 5.95. The van der Waals surface area contributed by atoms with E-state index in [0.29, 0.717) is 18.7 Å². The standard InChI is InChI=1S/C19H22N2O2/c22-18(15-8-3-1-4-9-15)19(23)21-13-7-12-17(14-21)20-16-10-5-2-6-11-16/h1-6,8-11,17-18,20,22H,7,12-14H2. The lowest BCUT2D eigenvalue weighted by atomic mass is 10.0. The molecule has 2 aromatic rings. The van der Waals surface area contributed by atoms with Crippen molar-refractivity contribution in [2.24, 2.45) is 0 Å². The van der Waals surface area contributed by atoms with Gasteiger partial charge in [-0.15, -0.1) is 0 Å². The molecule has 1 aliphatic heterocycles. The largest absolute Gasteiger partial charge is 0.381 e. The van der Waals surface area contributed by atoms with Crippen LogP contribution in [0.25, 0.3) is 0 Å².